The van der Waals surface area contributed by atoms with Crippen LogP contribution in [-0.2, 0) is 12.6 Å². The summed E-state index contributed by atoms with van der Waals surface area (Å²) in [5.74, 6) is 0.179. The van der Waals surface area contributed by atoms with Gasteiger partial charge in [0.2, 0.25) is 0 Å². The van der Waals surface area contributed by atoms with E-state index < -0.39 is 11.7 Å². The van der Waals surface area contributed by atoms with E-state index in [1.807, 2.05) is 12.1 Å². The molecule has 0 bridgehead atoms. The Morgan fingerprint density at radius 3 is 2.25 bits per heavy atom. The zero-order chi connectivity index (χ0) is 20.7. The van der Waals surface area contributed by atoms with Crippen molar-refractivity contribution in [2.24, 2.45) is 11.8 Å². The van der Waals surface area contributed by atoms with Gasteiger partial charge in [-0.25, -0.2) is 0 Å². The molecule has 0 saturated carbocycles. The quantitative estimate of drug-likeness (QED) is 0.586. The molecule has 5 heteroatoms. The molecule has 2 rings (SSSR count). The number of halogens is 3. The highest BCUT2D eigenvalue weighted by atomic mass is 19.4. The number of rotatable bonds is 9. The lowest BCUT2D eigenvalue weighted by atomic mass is 9.92. The van der Waals surface area contributed by atoms with Crippen LogP contribution in [0.2, 0.25) is 0 Å². The standard InChI is InChI=1S/C23H30F3NO/c1-16(2)12-22(20-10-6-4-8-17(20)3)27-14-18(15-28)13-19-9-5-7-11-21(19)23(24,25)26/h4-11,16,18,22,27-28H,12-15H2,1-3H3. The number of hydrogen-bond donors (Lipinski definition) is 2. The summed E-state index contributed by atoms with van der Waals surface area (Å²) < 4.78 is 39.7. The molecule has 0 spiro atoms. The van der Waals surface area contributed by atoms with Crippen molar-refractivity contribution in [3.63, 3.8) is 0 Å². The molecule has 2 unspecified atom stereocenters. The normalized spacial score (nSPS) is 14.3. The van der Waals surface area contributed by atoms with Crippen LogP contribution in [0.4, 0.5) is 13.2 Å². The summed E-state index contributed by atoms with van der Waals surface area (Å²) in [7, 11) is 0. The molecule has 0 saturated heterocycles. The minimum atomic E-state index is -4.38. The molecule has 0 heterocycles. The molecule has 2 atom stereocenters. The van der Waals surface area contributed by atoms with Crippen molar-refractivity contribution in [3.05, 3.63) is 70.8 Å². The number of nitrogens with one attached hydrogen (secondary N) is 1. The van der Waals surface area contributed by atoms with E-state index in [0.29, 0.717) is 12.5 Å². The lowest BCUT2D eigenvalue weighted by Crippen LogP contribution is -2.31. The van der Waals surface area contributed by atoms with Crippen molar-refractivity contribution in [3.8, 4) is 0 Å². The van der Waals surface area contributed by atoms with Gasteiger partial charge in [0.05, 0.1) is 5.56 Å². The Labute approximate surface area is 165 Å². The van der Waals surface area contributed by atoms with Crippen LogP contribution in [0.25, 0.3) is 0 Å². The smallest absolute Gasteiger partial charge is 0.396 e. The molecule has 2 N–H and O–H groups in total. The fraction of sp³-hybridized carbons (Fsp3) is 0.478. The van der Waals surface area contributed by atoms with Crippen LogP contribution < -0.4 is 5.32 Å². The van der Waals surface area contributed by atoms with Crippen LogP contribution in [0, 0.1) is 18.8 Å². The molecular formula is C23H30F3NO. The van der Waals surface area contributed by atoms with E-state index in [1.54, 1.807) is 6.07 Å². The third-order valence-electron chi connectivity index (χ3n) is 5.01. The minimum Gasteiger partial charge on any atom is -0.396 e. The lowest BCUT2D eigenvalue weighted by Gasteiger charge is -2.26. The van der Waals surface area contributed by atoms with Gasteiger partial charge in [-0.2, -0.15) is 13.2 Å². The number of benzene rings is 2. The molecule has 0 aliphatic rings. The first-order valence-corrected chi connectivity index (χ1v) is 9.77. The van der Waals surface area contributed by atoms with Gasteiger partial charge >= 0.3 is 6.18 Å². The van der Waals surface area contributed by atoms with Gasteiger partial charge in [-0.05, 0) is 54.4 Å². The van der Waals surface area contributed by atoms with Crippen molar-refractivity contribution in [1.29, 1.82) is 0 Å². The van der Waals surface area contributed by atoms with E-state index in [2.05, 4.69) is 38.2 Å². The fourth-order valence-electron chi connectivity index (χ4n) is 3.57. The van der Waals surface area contributed by atoms with E-state index >= 15 is 0 Å². The van der Waals surface area contributed by atoms with Crippen LogP contribution >= 0.6 is 0 Å². The van der Waals surface area contributed by atoms with Crippen LogP contribution in [-0.4, -0.2) is 18.3 Å². The average molecular weight is 393 g/mol. The van der Waals surface area contributed by atoms with Crippen LogP contribution in [0.1, 0.15) is 48.6 Å². The highest BCUT2D eigenvalue weighted by molar-refractivity contribution is 5.30. The van der Waals surface area contributed by atoms with Gasteiger partial charge in [-0.15, -0.1) is 0 Å². The topological polar surface area (TPSA) is 32.3 Å². The summed E-state index contributed by atoms with van der Waals surface area (Å²) in [5.41, 5.74) is 1.99. The van der Waals surface area contributed by atoms with Crippen LogP contribution in [0.15, 0.2) is 48.5 Å². The molecule has 0 aromatic heterocycles. The summed E-state index contributed by atoms with van der Waals surface area (Å²) in [4.78, 5) is 0. The van der Waals surface area contributed by atoms with E-state index in [-0.39, 0.29) is 30.6 Å². The van der Waals surface area contributed by atoms with Gasteiger partial charge in [0, 0.05) is 19.2 Å². The molecule has 0 fully saturated rings. The largest absolute Gasteiger partial charge is 0.416 e. The predicted molar refractivity (Wildman–Crippen MR) is 107 cm³/mol. The Kier molecular flexibility index (Phi) is 8.08. The minimum absolute atomic E-state index is 0.105. The van der Waals surface area contributed by atoms with Crippen molar-refractivity contribution in [2.75, 3.05) is 13.2 Å². The third-order valence-corrected chi connectivity index (χ3v) is 5.01. The van der Waals surface area contributed by atoms with Gasteiger partial charge < -0.3 is 10.4 Å². The fourth-order valence-corrected chi connectivity index (χ4v) is 3.57. The Hall–Kier alpha value is -1.85. The highest BCUT2D eigenvalue weighted by Crippen LogP contribution is 2.33. The molecule has 2 nitrogen and oxygen atoms in total. The van der Waals surface area contributed by atoms with Gasteiger partial charge in [-0.1, -0.05) is 56.3 Å². The monoisotopic (exact) mass is 393 g/mol. The molecular weight excluding hydrogens is 363 g/mol. The average Bonchev–Trinajstić information content (AvgIpc) is 2.63. The molecule has 28 heavy (non-hydrogen) atoms. The summed E-state index contributed by atoms with van der Waals surface area (Å²) in [6, 6.07) is 13.9. The molecule has 0 amide bonds. The van der Waals surface area contributed by atoms with Gasteiger partial charge in [-0.3, -0.25) is 0 Å². The summed E-state index contributed by atoms with van der Waals surface area (Å²) in [5, 5.41) is 13.3. The maximum absolute atomic E-state index is 13.2. The summed E-state index contributed by atoms with van der Waals surface area (Å²) >= 11 is 0. The molecule has 0 radical (unpaired) electrons. The number of aryl methyl sites for hydroxylation is 1. The Morgan fingerprint density at radius 1 is 1.00 bits per heavy atom. The Balaban J connectivity index is 2.12. The summed E-state index contributed by atoms with van der Waals surface area (Å²) in [6.07, 6.45) is -3.28. The van der Waals surface area contributed by atoms with Crippen LogP contribution in [0.3, 0.4) is 0 Å². The highest BCUT2D eigenvalue weighted by Gasteiger charge is 2.33. The van der Waals surface area contributed by atoms with Crippen molar-refractivity contribution >= 4 is 0 Å². The number of alkyl halides is 3. The van der Waals surface area contributed by atoms with E-state index in [9.17, 15) is 18.3 Å². The first-order valence-electron chi connectivity index (χ1n) is 9.77. The van der Waals surface area contributed by atoms with E-state index in [4.69, 9.17) is 0 Å². The molecule has 2 aromatic carbocycles. The van der Waals surface area contributed by atoms with Gasteiger partial charge in [0.1, 0.15) is 0 Å². The lowest BCUT2D eigenvalue weighted by molar-refractivity contribution is -0.138. The predicted octanol–water partition coefficient (Wildman–Crippen LogP) is 5.54. The summed E-state index contributed by atoms with van der Waals surface area (Å²) in [6.45, 7) is 6.65. The van der Waals surface area contributed by atoms with Crippen molar-refractivity contribution < 1.29 is 18.3 Å². The van der Waals surface area contributed by atoms with Crippen molar-refractivity contribution in [1.82, 2.24) is 5.32 Å². The molecule has 0 aliphatic heterocycles. The number of hydrogen-bond acceptors (Lipinski definition) is 2. The van der Waals surface area contributed by atoms with Gasteiger partial charge in [0.25, 0.3) is 0 Å². The third kappa shape index (κ3) is 6.35. The maximum atomic E-state index is 13.2. The van der Waals surface area contributed by atoms with Crippen molar-refractivity contribution in [2.45, 2.75) is 45.8 Å². The first kappa shape index (κ1) is 22.4. The SMILES string of the molecule is Cc1ccccc1C(CC(C)C)NCC(CO)Cc1ccccc1C(F)(F)F. The number of aliphatic hydroxyl groups is 1. The Bertz CT molecular complexity index is 743. The Morgan fingerprint density at radius 2 is 1.64 bits per heavy atom. The first-order chi connectivity index (χ1) is 13.2. The maximum Gasteiger partial charge on any atom is 0.416 e. The zero-order valence-electron chi connectivity index (χ0n) is 16.8. The van der Waals surface area contributed by atoms with Gasteiger partial charge in [0.15, 0.2) is 0 Å². The van der Waals surface area contributed by atoms with Crippen LogP contribution in [0.5, 0.6) is 0 Å². The molecule has 154 valence electrons. The number of aliphatic hydroxyl groups excluding tert-OH is 1. The van der Waals surface area contributed by atoms with E-state index in [0.717, 1.165) is 12.5 Å². The zero-order valence-corrected chi connectivity index (χ0v) is 16.8. The molecule has 2 aromatic rings. The second-order valence-corrected chi connectivity index (χ2v) is 7.85. The second kappa shape index (κ2) is 10.1. The second-order valence-electron chi connectivity index (χ2n) is 7.85. The van der Waals surface area contributed by atoms with E-state index in [1.165, 1.54) is 23.3 Å². The molecule has 0 aliphatic carbocycles.